The summed E-state index contributed by atoms with van der Waals surface area (Å²) in [7, 11) is 0. The second-order valence-electron chi connectivity index (χ2n) is 10.8. The fraction of sp³-hybridized carbons (Fsp3) is 0.0526. The summed E-state index contributed by atoms with van der Waals surface area (Å²) in [6.45, 7) is 0. The summed E-state index contributed by atoms with van der Waals surface area (Å²) in [5.74, 6) is -0.953. The highest BCUT2D eigenvalue weighted by Crippen LogP contribution is 2.42. The summed E-state index contributed by atoms with van der Waals surface area (Å²) in [5.41, 5.74) is 3.07. The predicted molar refractivity (Wildman–Crippen MR) is 182 cm³/mol. The molecule has 0 saturated carbocycles. The van der Waals surface area contributed by atoms with E-state index in [4.69, 9.17) is 15.3 Å². The van der Waals surface area contributed by atoms with Gasteiger partial charge in [-0.15, -0.1) is 0 Å². The molecule has 11 N–H and O–H groups in total. The van der Waals surface area contributed by atoms with Crippen LogP contribution in [0.4, 0.5) is 0 Å². The summed E-state index contributed by atoms with van der Waals surface area (Å²) in [5, 5.41) is 104. The Hall–Kier alpha value is -6.88. The SMILES string of the molecule is Oc1cc(O)cc(-c2c(O)cc(O)cc2O)c1.Oc1ccc(Cc2ccc(O)cc2O)c(O)c1.Oc1ccccc1Cc1ccccc1O. The number of phenolic OH excluding ortho intramolecular Hbond substituents is 11. The first-order valence-corrected chi connectivity index (χ1v) is 14.6. The molecule has 0 aliphatic heterocycles. The maximum Gasteiger partial charge on any atom is 0.130 e. The van der Waals surface area contributed by atoms with Gasteiger partial charge in [0.1, 0.15) is 63.2 Å². The zero-order chi connectivity index (χ0) is 35.7. The van der Waals surface area contributed by atoms with Crippen molar-refractivity contribution in [3.05, 3.63) is 138 Å². The lowest BCUT2D eigenvalue weighted by Gasteiger charge is -2.09. The molecule has 0 fully saturated rings. The molecule has 0 unspecified atom stereocenters. The molecule has 0 atom stereocenters. The van der Waals surface area contributed by atoms with E-state index in [1.54, 1.807) is 36.4 Å². The Morgan fingerprint density at radius 1 is 0.286 bits per heavy atom. The molecule has 0 aliphatic carbocycles. The first kappa shape index (κ1) is 35.0. The molecule has 0 bridgehead atoms. The van der Waals surface area contributed by atoms with Gasteiger partial charge in [0.05, 0.1) is 5.56 Å². The van der Waals surface area contributed by atoms with E-state index in [-0.39, 0.29) is 74.4 Å². The standard InChI is InChI=1S/C13H12O4.C13H12O2.C12H10O5/c14-10-3-1-8(12(16)6-10)5-9-2-4-11(15)7-13(9)17;14-12-7-3-1-5-10(12)9-11-6-2-4-8-13(11)15;13-7-1-6(2-8(14)3-7)12-10(16)4-9(15)5-11(12)17/h1-4,6-7,14-17H,5H2;1-8,14-15H,9H2;1-5,13-17H. The lowest BCUT2D eigenvalue weighted by molar-refractivity contribution is 0.430. The van der Waals surface area contributed by atoms with Crippen LogP contribution in [0.3, 0.4) is 0 Å². The van der Waals surface area contributed by atoms with E-state index < -0.39 is 0 Å². The Morgan fingerprint density at radius 2 is 0.633 bits per heavy atom. The van der Waals surface area contributed by atoms with Crippen LogP contribution in [0.1, 0.15) is 22.3 Å². The predicted octanol–water partition coefficient (Wildman–Crippen LogP) is 6.67. The van der Waals surface area contributed by atoms with Gasteiger partial charge in [-0.1, -0.05) is 48.5 Å². The molecule has 49 heavy (non-hydrogen) atoms. The van der Waals surface area contributed by atoms with Crippen molar-refractivity contribution in [1.29, 1.82) is 0 Å². The maximum absolute atomic E-state index is 9.62. The van der Waals surface area contributed by atoms with E-state index in [1.807, 2.05) is 24.3 Å². The average Bonchev–Trinajstić information content (AvgIpc) is 3.02. The smallest absolute Gasteiger partial charge is 0.130 e. The van der Waals surface area contributed by atoms with Gasteiger partial charge in [0.25, 0.3) is 0 Å². The summed E-state index contributed by atoms with van der Waals surface area (Å²) >= 11 is 0. The van der Waals surface area contributed by atoms with Gasteiger partial charge in [-0.2, -0.15) is 0 Å². The monoisotopic (exact) mass is 666 g/mol. The molecule has 11 heteroatoms. The van der Waals surface area contributed by atoms with Gasteiger partial charge in [-0.3, -0.25) is 0 Å². The van der Waals surface area contributed by atoms with Crippen molar-refractivity contribution in [2.24, 2.45) is 0 Å². The minimum Gasteiger partial charge on any atom is -0.508 e. The summed E-state index contributed by atoms with van der Waals surface area (Å²) in [6, 6.07) is 28.6. The third-order valence-electron chi connectivity index (χ3n) is 7.16. The molecule has 11 nitrogen and oxygen atoms in total. The third kappa shape index (κ3) is 9.56. The van der Waals surface area contributed by atoms with Crippen molar-refractivity contribution >= 4 is 0 Å². The van der Waals surface area contributed by atoms with E-state index in [1.165, 1.54) is 36.4 Å². The lowest BCUT2D eigenvalue weighted by Crippen LogP contribution is -1.89. The molecule has 0 radical (unpaired) electrons. The van der Waals surface area contributed by atoms with Crippen LogP contribution >= 0.6 is 0 Å². The number of rotatable bonds is 5. The maximum atomic E-state index is 9.62. The second kappa shape index (κ2) is 15.6. The highest BCUT2D eigenvalue weighted by atomic mass is 16.3. The average molecular weight is 667 g/mol. The van der Waals surface area contributed by atoms with Crippen LogP contribution in [0.5, 0.6) is 63.2 Å². The normalized spacial score (nSPS) is 10.3. The third-order valence-corrected chi connectivity index (χ3v) is 7.16. The van der Waals surface area contributed by atoms with Gasteiger partial charge < -0.3 is 56.2 Å². The van der Waals surface area contributed by atoms with Crippen molar-refractivity contribution in [1.82, 2.24) is 0 Å². The number of hydrogen-bond donors (Lipinski definition) is 11. The van der Waals surface area contributed by atoms with E-state index >= 15 is 0 Å². The van der Waals surface area contributed by atoms with Crippen LogP contribution in [-0.2, 0) is 12.8 Å². The Bertz CT molecular complexity index is 1920. The molecule has 0 aromatic heterocycles. The minimum absolute atomic E-state index is 0.0128. The molecular weight excluding hydrogens is 632 g/mol. The van der Waals surface area contributed by atoms with Crippen LogP contribution in [0.15, 0.2) is 115 Å². The first-order valence-electron chi connectivity index (χ1n) is 14.6. The Morgan fingerprint density at radius 3 is 1.02 bits per heavy atom. The quantitative estimate of drug-likeness (QED) is 0.0932. The largest absolute Gasteiger partial charge is 0.508 e. The van der Waals surface area contributed by atoms with Gasteiger partial charge in [-0.05, 0) is 64.2 Å². The molecule has 6 aromatic carbocycles. The molecule has 0 heterocycles. The van der Waals surface area contributed by atoms with Crippen LogP contribution in [0.2, 0.25) is 0 Å². The fourth-order valence-corrected chi connectivity index (χ4v) is 4.77. The van der Waals surface area contributed by atoms with Gasteiger partial charge in [0, 0.05) is 43.2 Å². The Kier molecular flexibility index (Phi) is 11.1. The molecular formula is C38H34O11. The van der Waals surface area contributed by atoms with Gasteiger partial charge >= 0.3 is 0 Å². The van der Waals surface area contributed by atoms with Crippen molar-refractivity contribution < 1.29 is 56.2 Å². The van der Waals surface area contributed by atoms with Gasteiger partial charge in [0.15, 0.2) is 0 Å². The van der Waals surface area contributed by atoms with Crippen LogP contribution in [0, 0.1) is 0 Å². The zero-order valence-corrected chi connectivity index (χ0v) is 25.8. The van der Waals surface area contributed by atoms with Crippen LogP contribution < -0.4 is 0 Å². The van der Waals surface area contributed by atoms with E-state index in [9.17, 15) is 40.9 Å². The summed E-state index contributed by atoms with van der Waals surface area (Å²) in [4.78, 5) is 0. The Balaban J connectivity index is 0.000000166. The van der Waals surface area contributed by atoms with Crippen molar-refractivity contribution in [3.8, 4) is 74.4 Å². The number of para-hydroxylation sites is 2. The van der Waals surface area contributed by atoms with Crippen LogP contribution in [-0.4, -0.2) is 56.2 Å². The molecule has 0 saturated heterocycles. The minimum atomic E-state index is -0.354. The molecule has 6 rings (SSSR count). The molecule has 0 aliphatic rings. The van der Waals surface area contributed by atoms with Crippen molar-refractivity contribution in [2.45, 2.75) is 12.8 Å². The molecule has 6 aromatic rings. The van der Waals surface area contributed by atoms with E-state index in [0.717, 1.165) is 29.3 Å². The van der Waals surface area contributed by atoms with E-state index in [0.29, 0.717) is 24.0 Å². The Labute approximate surface area is 280 Å². The topological polar surface area (TPSA) is 223 Å². The zero-order valence-electron chi connectivity index (χ0n) is 25.8. The number of aromatic hydroxyl groups is 11. The summed E-state index contributed by atoms with van der Waals surface area (Å²) in [6.07, 6.45) is 0.859. The first-order chi connectivity index (χ1) is 23.3. The second-order valence-corrected chi connectivity index (χ2v) is 10.8. The summed E-state index contributed by atoms with van der Waals surface area (Å²) < 4.78 is 0. The highest BCUT2D eigenvalue weighted by molar-refractivity contribution is 5.79. The number of benzene rings is 6. The number of hydrogen-bond acceptors (Lipinski definition) is 11. The van der Waals surface area contributed by atoms with Crippen molar-refractivity contribution in [3.63, 3.8) is 0 Å². The van der Waals surface area contributed by atoms with Gasteiger partial charge in [0.2, 0.25) is 0 Å². The molecule has 0 amide bonds. The highest BCUT2D eigenvalue weighted by Gasteiger charge is 2.14. The lowest BCUT2D eigenvalue weighted by atomic mass is 10.0. The van der Waals surface area contributed by atoms with Gasteiger partial charge in [-0.25, -0.2) is 0 Å². The van der Waals surface area contributed by atoms with E-state index in [2.05, 4.69) is 0 Å². The van der Waals surface area contributed by atoms with Crippen molar-refractivity contribution in [2.75, 3.05) is 0 Å². The fourth-order valence-electron chi connectivity index (χ4n) is 4.77. The number of phenols is 11. The van der Waals surface area contributed by atoms with Crippen LogP contribution in [0.25, 0.3) is 11.1 Å². The molecule has 252 valence electrons. The molecule has 0 spiro atoms.